The van der Waals surface area contributed by atoms with Crippen molar-refractivity contribution in [3.8, 4) is 0 Å². The lowest BCUT2D eigenvalue weighted by Crippen LogP contribution is -2.42. The number of fused-ring (bicyclic) bond motifs is 1. The minimum atomic E-state index is -0.883. The second-order valence-electron chi connectivity index (χ2n) is 3.92. The molecule has 0 aromatic carbocycles. The molecule has 0 aromatic rings. The summed E-state index contributed by atoms with van der Waals surface area (Å²) in [7, 11) is 0. The number of carbonyl (C=O) groups excluding carboxylic acids is 1. The fraction of sp³-hybridized carbons (Fsp3) is 0.600. The van der Waals surface area contributed by atoms with Crippen LogP contribution in [0.4, 0.5) is 0 Å². The Hall–Kier alpha value is -1.32. The van der Waals surface area contributed by atoms with Gasteiger partial charge in [0.15, 0.2) is 0 Å². The predicted octanol–water partition coefficient (Wildman–Crippen LogP) is 0.682. The summed E-state index contributed by atoms with van der Waals surface area (Å²) >= 11 is 0. The molecule has 0 radical (unpaired) electrons. The number of carboxylic acid groups (broad SMARTS) is 1. The standard InChI is InChI=1S/C10H12O4/c1-5-2-3-6-7(9(11)12)4-14-10(13)8(5)6/h2-3,5-8H,4H2,1H3,(H,11,12)/t5-,6?,7?,8?/m0/s1. The number of rotatable bonds is 1. The Morgan fingerprint density at radius 3 is 2.93 bits per heavy atom. The lowest BCUT2D eigenvalue weighted by atomic mass is 9.79. The molecule has 14 heavy (non-hydrogen) atoms. The monoisotopic (exact) mass is 196 g/mol. The van der Waals surface area contributed by atoms with E-state index in [0.717, 1.165) is 0 Å². The first-order chi connectivity index (χ1) is 6.61. The van der Waals surface area contributed by atoms with Crippen molar-refractivity contribution in [3.63, 3.8) is 0 Å². The number of esters is 1. The van der Waals surface area contributed by atoms with Crippen LogP contribution < -0.4 is 0 Å². The number of allylic oxidation sites excluding steroid dienone is 2. The summed E-state index contributed by atoms with van der Waals surface area (Å²) in [4.78, 5) is 22.3. The number of aliphatic carboxylic acids is 1. The Balaban J connectivity index is 2.25. The average molecular weight is 196 g/mol. The maximum Gasteiger partial charge on any atom is 0.310 e. The van der Waals surface area contributed by atoms with Gasteiger partial charge in [0.05, 0.1) is 11.8 Å². The third-order valence-corrected chi connectivity index (χ3v) is 3.08. The van der Waals surface area contributed by atoms with E-state index in [2.05, 4.69) is 0 Å². The molecule has 0 bridgehead atoms. The normalized spacial score (nSPS) is 40.5. The highest BCUT2D eigenvalue weighted by atomic mass is 16.5. The van der Waals surface area contributed by atoms with E-state index in [0.29, 0.717) is 0 Å². The van der Waals surface area contributed by atoms with Crippen LogP contribution in [0.1, 0.15) is 6.92 Å². The maximum absolute atomic E-state index is 11.4. The smallest absolute Gasteiger partial charge is 0.310 e. The number of carboxylic acids is 1. The molecule has 4 heteroatoms. The third-order valence-electron chi connectivity index (χ3n) is 3.08. The number of ether oxygens (including phenoxy) is 1. The topological polar surface area (TPSA) is 63.6 Å². The maximum atomic E-state index is 11.4. The molecule has 1 aliphatic carbocycles. The van der Waals surface area contributed by atoms with Gasteiger partial charge in [-0.05, 0) is 5.92 Å². The number of carbonyl (C=O) groups is 2. The molecule has 1 heterocycles. The zero-order valence-electron chi connectivity index (χ0n) is 7.84. The fourth-order valence-corrected chi connectivity index (χ4v) is 2.26. The fourth-order valence-electron chi connectivity index (χ4n) is 2.26. The van der Waals surface area contributed by atoms with Crippen LogP contribution in [0.3, 0.4) is 0 Å². The number of hydrogen-bond donors (Lipinski definition) is 1. The Morgan fingerprint density at radius 1 is 1.57 bits per heavy atom. The van der Waals surface area contributed by atoms with Crippen LogP contribution in [0.25, 0.3) is 0 Å². The molecule has 0 saturated carbocycles. The van der Waals surface area contributed by atoms with E-state index < -0.39 is 11.9 Å². The Kier molecular flexibility index (Phi) is 2.06. The molecule has 1 fully saturated rings. The van der Waals surface area contributed by atoms with Gasteiger partial charge < -0.3 is 9.84 Å². The highest BCUT2D eigenvalue weighted by Gasteiger charge is 2.46. The molecular weight excluding hydrogens is 184 g/mol. The summed E-state index contributed by atoms with van der Waals surface area (Å²) in [6.45, 7) is 1.92. The van der Waals surface area contributed by atoms with Gasteiger partial charge in [0, 0.05) is 5.92 Å². The van der Waals surface area contributed by atoms with Gasteiger partial charge >= 0.3 is 11.9 Å². The molecule has 0 spiro atoms. The highest BCUT2D eigenvalue weighted by Crippen LogP contribution is 2.39. The van der Waals surface area contributed by atoms with E-state index in [-0.39, 0.29) is 30.3 Å². The average Bonchev–Trinajstić information content (AvgIpc) is 2.49. The SMILES string of the molecule is C[C@H]1C=CC2C(C(=O)O)COC(=O)C21. The van der Waals surface area contributed by atoms with Gasteiger partial charge in [-0.25, -0.2) is 0 Å². The quantitative estimate of drug-likeness (QED) is 0.495. The van der Waals surface area contributed by atoms with Crippen LogP contribution in [-0.4, -0.2) is 23.7 Å². The summed E-state index contributed by atoms with van der Waals surface area (Å²) in [6, 6.07) is 0. The van der Waals surface area contributed by atoms with Gasteiger partial charge in [-0.2, -0.15) is 0 Å². The summed E-state index contributed by atoms with van der Waals surface area (Å²) in [5.41, 5.74) is 0. The zero-order chi connectivity index (χ0) is 10.3. The van der Waals surface area contributed by atoms with Crippen molar-refractivity contribution >= 4 is 11.9 Å². The predicted molar refractivity (Wildman–Crippen MR) is 47.4 cm³/mol. The van der Waals surface area contributed by atoms with E-state index in [1.165, 1.54) is 0 Å². The van der Waals surface area contributed by atoms with E-state index >= 15 is 0 Å². The van der Waals surface area contributed by atoms with Crippen LogP contribution in [0.15, 0.2) is 12.2 Å². The van der Waals surface area contributed by atoms with Gasteiger partial charge in [0.2, 0.25) is 0 Å². The van der Waals surface area contributed by atoms with Crippen molar-refractivity contribution in [3.05, 3.63) is 12.2 Å². The van der Waals surface area contributed by atoms with E-state index in [4.69, 9.17) is 9.84 Å². The molecular formula is C10H12O4. The second kappa shape index (κ2) is 3.12. The number of cyclic esters (lactones) is 1. The first kappa shape index (κ1) is 9.24. The molecule has 0 amide bonds. The lowest BCUT2D eigenvalue weighted by Gasteiger charge is -2.31. The summed E-state index contributed by atoms with van der Waals surface area (Å²) in [6.07, 6.45) is 3.74. The van der Waals surface area contributed by atoms with E-state index in [9.17, 15) is 9.59 Å². The second-order valence-corrected chi connectivity index (χ2v) is 3.92. The molecule has 0 aromatic heterocycles. The van der Waals surface area contributed by atoms with Crippen LogP contribution in [0.2, 0.25) is 0 Å². The van der Waals surface area contributed by atoms with Crippen molar-refractivity contribution < 1.29 is 19.4 Å². The van der Waals surface area contributed by atoms with Gasteiger partial charge in [0.1, 0.15) is 6.61 Å². The molecule has 2 rings (SSSR count). The highest BCUT2D eigenvalue weighted by molar-refractivity contribution is 5.80. The Labute approximate surface area is 81.6 Å². The van der Waals surface area contributed by atoms with Crippen LogP contribution in [-0.2, 0) is 14.3 Å². The number of hydrogen-bond acceptors (Lipinski definition) is 3. The minimum Gasteiger partial charge on any atom is -0.481 e. The van der Waals surface area contributed by atoms with Crippen LogP contribution in [0, 0.1) is 23.7 Å². The first-order valence-corrected chi connectivity index (χ1v) is 4.69. The van der Waals surface area contributed by atoms with Crippen molar-refractivity contribution in [1.29, 1.82) is 0 Å². The largest absolute Gasteiger partial charge is 0.481 e. The molecule has 2 aliphatic rings. The van der Waals surface area contributed by atoms with E-state index in [1.54, 1.807) is 0 Å². The van der Waals surface area contributed by atoms with Gasteiger partial charge in [0.25, 0.3) is 0 Å². The molecule has 4 nitrogen and oxygen atoms in total. The molecule has 3 unspecified atom stereocenters. The lowest BCUT2D eigenvalue weighted by molar-refractivity contribution is -0.167. The van der Waals surface area contributed by atoms with Gasteiger partial charge in [-0.1, -0.05) is 19.1 Å². The van der Waals surface area contributed by atoms with Crippen molar-refractivity contribution in [1.82, 2.24) is 0 Å². The molecule has 1 N–H and O–H groups in total. The minimum absolute atomic E-state index is 0.00634. The molecule has 1 aliphatic heterocycles. The van der Waals surface area contributed by atoms with Crippen molar-refractivity contribution in [2.24, 2.45) is 23.7 Å². The van der Waals surface area contributed by atoms with E-state index in [1.807, 2.05) is 19.1 Å². The van der Waals surface area contributed by atoms with Gasteiger partial charge in [-0.3, -0.25) is 9.59 Å². The van der Waals surface area contributed by atoms with Crippen molar-refractivity contribution in [2.45, 2.75) is 6.92 Å². The third kappa shape index (κ3) is 1.22. The van der Waals surface area contributed by atoms with Crippen LogP contribution in [0.5, 0.6) is 0 Å². The molecule has 1 saturated heterocycles. The first-order valence-electron chi connectivity index (χ1n) is 4.69. The summed E-state index contributed by atoms with van der Waals surface area (Å²) in [5, 5.41) is 8.93. The summed E-state index contributed by atoms with van der Waals surface area (Å²) in [5.74, 6) is -2.08. The molecule has 4 atom stereocenters. The van der Waals surface area contributed by atoms with Gasteiger partial charge in [-0.15, -0.1) is 0 Å². The van der Waals surface area contributed by atoms with Crippen molar-refractivity contribution in [2.75, 3.05) is 6.61 Å². The Morgan fingerprint density at radius 2 is 2.29 bits per heavy atom. The summed E-state index contributed by atoms with van der Waals surface area (Å²) < 4.78 is 4.88. The Bertz CT molecular complexity index is 307. The molecule has 76 valence electrons. The van der Waals surface area contributed by atoms with Crippen LogP contribution >= 0.6 is 0 Å². The zero-order valence-corrected chi connectivity index (χ0v) is 7.84.